The number of thiazole rings is 1. The average molecular weight is 410 g/mol. The van der Waals surface area contributed by atoms with Gasteiger partial charge in [0.25, 0.3) is 11.5 Å². The van der Waals surface area contributed by atoms with Crippen molar-refractivity contribution in [3.8, 4) is 0 Å². The second-order valence-electron chi connectivity index (χ2n) is 7.27. The van der Waals surface area contributed by atoms with Crippen molar-refractivity contribution in [2.75, 3.05) is 26.3 Å². The summed E-state index contributed by atoms with van der Waals surface area (Å²) in [4.78, 5) is 33.1. The molecule has 3 heterocycles. The number of hydrogen-bond donors (Lipinski definition) is 0. The molecule has 2 aromatic heterocycles. The van der Waals surface area contributed by atoms with Crippen LogP contribution in [0.5, 0.6) is 0 Å². The van der Waals surface area contributed by atoms with Crippen molar-refractivity contribution < 1.29 is 9.53 Å². The number of carbonyl (C=O) groups is 1. The molecule has 0 radical (unpaired) electrons. The lowest BCUT2D eigenvalue weighted by molar-refractivity contribution is 0.0306. The zero-order valence-corrected chi connectivity index (χ0v) is 17.6. The molecule has 150 valence electrons. The molecule has 4 rings (SSSR count). The molecule has 1 fully saturated rings. The predicted octanol–water partition coefficient (Wildman–Crippen LogP) is 3.32. The van der Waals surface area contributed by atoms with Gasteiger partial charge in [-0.3, -0.25) is 14.0 Å². The second kappa shape index (κ2) is 7.93. The Hall–Kier alpha value is -2.77. The Morgan fingerprint density at radius 1 is 1.17 bits per heavy atom. The van der Waals surface area contributed by atoms with Crippen molar-refractivity contribution in [2.24, 2.45) is 0 Å². The number of aryl methyl sites for hydroxylation is 2. The van der Waals surface area contributed by atoms with Crippen LogP contribution < -0.4 is 5.56 Å². The van der Waals surface area contributed by atoms with E-state index in [1.54, 1.807) is 18.0 Å². The first kappa shape index (κ1) is 19.5. The third-order valence-electron chi connectivity index (χ3n) is 5.16. The molecule has 0 atom stereocenters. The number of benzene rings is 1. The van der Waals surface area contributed by atoms with Crippen LogP contribution in [0.3, 0.4) is 0 Å². The maximum absolute atomic E-state index is 12.8. The normalized spacial score (nSPS) is 14.8. The molecule has 1 aromatic carbocycles. The third-order valence-corrected chi connectivity index (χ3v) is 6.13. The fourth-order valence-corrected chi connectivity index (χ4v) is 4.29. The van der Waals surface area contributed by atoms with E-state index in [9.17, 15) is 9.59 Å². The van der Waals surface area contributed by atoms with E-state index in [4.69, 9.17) is 4.74 Å². The van der Waals surface area contributed by atoms with Crippen LogP contribution in [0.4, 0.5) is 0 Å². The fraction of sp³-hybridized carbons (Fsp3) is 0.318. The summed E-state index contributed by atoms with van der Waals surface area (Å²) >= 11 is 1.25. The lowest BCUT2D eigenvalue weighted by Gasteiger charge is -2.26. The van der Waals surface area contributed by atoms with Crippen LogP contribution in [-0.2, 0) is 4.74 Å². The lowest BCUT2D eigenvalue weighted by atomic mass is 10.0. The highest BCUT2D eigenvalue weighted by Crippen LogP contribution is 2.20. The first-order valence-electron chi connectivity index (χ1n) is 9.59. The van der Waals surface area contributed by atoms with E-state index in [2.05, 4.69) is 37.0 Å². The van der Waals surface area contributed by atoms with Crippen LogP contribution in [0, 0.1) is 20.8 Å². The average Bonchev–Trinajstić information content (AvgIpc) is 3.16. The molecule has 3 aromatic rings. The van der Waals surface area contributed by atoms with Crippen LogP contribution >= 0.6 is 11.3 Å². The topological polar surface area (TPSA) is 63.9 Å². The molecule has 1 amide bonds. The van der Waals surface area contributed by atoms with Crippen molar-refractivity contribution in [1.29, 1.82) is 0 Å². The molecule has 7 heteroatoms. The van der Waals surface area contributed by atoms with Crippen LogP contribution in [0.2, 0.25) is 0 Å². The van der Waals surface area contributed by atoms with Gasteiger partial charge < -0.3 is 9.64 Å². The number of rotatable bonds is 3. The van der Waals surface area contributed by atoms with Crippen molar-refractivity contribution in [3.05, 3.63) is 67.6 Å². The van der Waals surface area contributed by atoms with E-state index in [1.165, 1.54) is 21.3 Å². The SMILES string of the molecule is Cc1ccc(C)c(C=Cc2nc3sc(C(=O)N4CCOCC4)cn3c(=O)c2C)c1. The van der Waals surface area contributed by atoms with Crippen LogP contribution in [0.15, 0.2) is 29.2 Å². The number of aromatic nitrogens is 2. The van der Waals surface area contributed by atoms with Crippen molar-refractivity contribution in [2.45, 2.75) is 20.8 Å². The van der Waals surface area contributed by atoms with E-state index in [0.717, 1.165) is 11.1 Å². The standard InChI is InChI=1S/C22H23N3O3S/c1-14-4-5-15(2)17(12-14)6-7-18-16(3)20(26)25-13-19(29-22(25)23-18)21(27)24-8-10-28-11-9-24/h4-7,12-13H,8-11H2,1-3H3. The summed E-state index contributed by atoms with van der Waals surface area (Å²) in [6, 6.07) is 6.26. The van der Waals surface area contributed by atoms with Gasteiger partial charge in [0, 0.05) is 24.8 Å². The monoisotopic (exact) mass is 409 g/mol. The Balaban J connectivity index is 1.70. The summed E-state index contributed by atoms with van der Waals surface area (Å²) < 4.78 is 6.78. The minimum atomic E-state index is -0.145. The minimum Gasteiger partial charge on any atom is -0.378 e. The molecular formula is C22H23N3O3S. The molecule has 0 bridgehead atoms. The highest BCUT2D eigenvalue weighted by Gasteiger charge is 2.22. The van der Waals surface area contributed by atoms with Gasteiger partial charge in [-0.05, 0) is 38.0 Å². The maximum atomic E-state index is 12.8. The highest BCUT2D eigenvalue weighted by molar-refractivity contribution is 7.18. The zero-order valence-electron chi connectivity index (χ0n) is 16.8. The number of fused-ring (bicyclic) bond motifs is 1. The number of amides is 1. The van der Waals surface area contributed by atoms with E-state index >= 15 is 0 Å². The largest absolute Gasteiger partial charge is 0.378 e. The fourth-order valence-electron chi connectivity index (χ4n) is 3.34. The molecular weight excluding hydrogens is 386 g/mol. The minimum absolute atomic E-state index is 0.0756. The van der Waals surface area contributed by atoms with E-state index in [0.29, 0.717) is 47.4 Å². The van der Waals surface area contributed by atoms with Gasteiger partial charge in [-0.15, -0.1) is 0 Å². The Kier molecular flexibility index (Phi) is 5.34. The molecule has 0 saturated carbocycles. The quantitative estimate of drug-likeness (QED) is 0.666. The first-order chi connectivity index (χ1) is 13.9. The first-order valence-corrected chi connectivity index (χ1v) is 10.4. The molecule has 6 nitrogen and oxygen atoms in total. The van der Waals surface area contributed by atoms with Crippen LogP contribution in [-0.4, -0.2) is 46.5 Å². The Morgan fingerprint density at radius 2 is 1.93 bits per heavy atom. The second-order valence-corrected chi connectivity index (χ2v) is 8.28. The summed E-state index contributed by atoms with van der Waals surface area (Å²) in [6.07, 6.45) is 5.47. The molecule has 29 heavy (non-hydrogen) atoms. The molecule has 1 aliphatic heterocycles. The van der Waals surface area contributed by atoms with Gasteiger partial charge in [0.05, 0.1) is 18.9 Å². The summed E-state index contributed by atoms with van der Waals surface area (Å²) in [5.74, 6) is -0.0756. The Bertz CT molecular complexity index is 1170. The smallest absolute Gasteiger partial charge is 0.265 e. The summed E-state index contributed by atoms with van der Waals surface area (Å²) in [5.41, 5.74) is 4.49. The number of nitrogens with zero attached hydrogens (tertiary/aromatic N) is 3. The predicted molar refractivity (Wildman–Crippen MR) is 116 cm³/mol. The van der Waals surface area contributed by atoms with Gasteiger partial charge in [0.15, 0.2) is 4.96 Å². The van der Waals surface area contributed by atoms with E-state index in [1.807, 2.05) is 12.2 Å². The number of ether oxygens (including phenoxy) is 1. The van der Waals surface area contributed by atoms with Gasteiger partial charge in [0.2, 0.25) is 0 Å². The third kappa shape index (κ3) is 3.88. The Morgan fingerprint density at radius 3 is 2.69 bits per heavy atom. The molecule has 0 aliphatic carbocycles. The van der Waals surface area contributed by atoms with Crippen molar-refractivity contribution in [1.82, 2.24) is 14.3 Å². The van der Waals surface area contributed by atoms with Gasteiger partial charge >= 0.3 is 0 Å². The molecule has 0 spiro atoms. The van der Waals surface area contributed by atoms with Gasteiger partial charge in [-0.2, -0.15) is 0 Å². The maximum Gasteiger partial charge on any atom is 0.265 e. The van der Waals surface area contributed by atoms with Gasteiger partial charge in [0.1, 0.15) is 4.88 Å². The summed E-state index contributed by atoms with van der Waals surface area (Å²) in [7, 11) is 0. The number of carbonyl (C=O) groups excluding carboxylic acids is 1. The molecule has 1 aliphatic rings. The zero-order chi connectivity index (χ0) is 20.5. The van der Waals surface area contributed by atoms with Crippen molar-refractivity contribution >= 4 is 34.4 Å². The van der Waals surface area contributed by atoms with E-state index in [-0.39, 0.29) is 11.5 Å². The molecule has 0 N–H and O–H groups in total. The van der Waals surface area contributed by atoms with E-state index < -0.39 is 0 Å². The summed E-state index contributed by atoms with van der Waals surface area (Å²) in [5, 5.41) is 0. The summed E-state index contributed by atoms with van der Waals surface area (Å²) in [6.45, 7) is 8.10. The Labute approximate surface area is 173 Å². The number of hydrogen-bond acceptors (Lipinski definition) is 5. The van der Waals surface area contributed by atoms with Crippen molar-refractivity contribution in [3.63, 3.8) is 0 Å². The van der Waals surface area contributed by atoms with Gasteiger partial charge in [-0.25, -0.2) is 4.98 Å². The van der Waals surface area contributed by atoms with Crippen LogP contribution in [0.25, 0.3) is 17.1 Å². The molecule has 1 saturated heterocycles. The lowest BCUT2D eigenvalue weighted by Crippen LogP contribution is -2.40. The van der Waals surface area contributed by atoms with Crippen LogP contribution in [0.1, 0.15) is 37.6 Å². The highest BCUT2D eigenvalue weighted by atomic mass is 32.1. The molecule has 0 unspecified atom stereocenters. The van der Waals surface area contributed by atoms with Gasteiger partial charge in [-0.1, -0.05) is 41.2 Å². The number of morpholine rings is 1.